The van der Waals surface area contributed by atoms with Crippen LogP contribution in [0, 0.1) is 11.8 Å². The van der Waals surface area contributed by atoms with Crippen LogP contribution in [-0.2, 0) is 22.4 Å². The molecule has 2 aromatic carbocycles. The Kier molecular flexibility index (Phi) is 13.8. The van der Waals surface area contributed by atoms with Crippen molar-refractivity contribution in [3.8, 4) is 0 Å². The second-order valence-corrected chi connectivity index (χ2v) is 9.43. The van der Waals surface area contributed by atoms with Gasteiger partial charge >= 0.3 is 0 Å². The summed E-state index contributed by atoms with van der Waals surface area (Å²) < 4.78 is 0. The maximum absolute atomic E-state index is 11.9. The average Bonchev–Trinajstić information content (AvgIpc) is 2.91. The number of piperidine rings is 1. The van der Waals surface area contributed by atoms with Crippen molar-refractivity contribution in [2.75, 3.05) is 26.2 Å². The molecule has 1 aliphatic heterocycles. The van der Waals surface area contributed by atoms with Crippen molar-refractivity contribution >= 4 is 11.8 Å². The number of rotatable bonds is 8. The normalized spacial score (nSPS) is 17.8. The van der Waals surface area contributed by atoms with Crippen LogP contribution < -0.4 is 16.0 Å². The fourth-order valence-electron chi connectivity index (χ4n) is 4.68. The van der Waals surface area contributed by atoms with Gasteiger partial charge in [0.2, 0.25) is 11.8 Å². The Hall–Kier alpha value is -2.66. The molecule has 3 N–H and O–H groups in total. The molecule has 192 valence electrons. The first-order valence-corrected chi connectivity index (χ1v) is 13.1. The molecule has 0 radical (unpaired) electrons. The van der Waals surface area contributed by atoms with Gasteiger partial charge in [0.1, 0.15) is 0 Å². The van der Waals surface area contributed by atoms with Gasteiger partial charge in [-0.25, -0.2) is 0 Å². The fourth-order valence-corrected chi connectivity index (χ4v) is 4.68. The molecule has 2 fully saturated rings. The molecule has 1 saturated carbocycles. The average molecular weight is 480 g/mol. The van der Waals surface area contributed by atoms with E-state index in [0.29, 0.717) is 0 Å². The van der Waals surface area contributed by atoms with E-state index in [0.717, 1.165) is 64.7 Å². The first kappa shape index (κ1) is 28.6. The van der Waals surface area contributed by atoms with E-state index in [1.807, 2.05) is 36.4 Å². The minimum Gasteiger partial charge on any atom is -0.356 e. The van der Waals surface area contributed by atoms with Crippen molar-refractivity contribution in [3.05, 3.63) is 71.8 Å². The van der Waals surface area contributed by atoms with E-state index in [4.69, 9.17) is 0 Å². The molecule has 1 heterocycles. The van der Waals surface area contributed by atoms with Crippen LogP contribution >= 0.6 is 0 Å². The Morgan fingerprint density at radius 1 is 0.686 bits per heavy atom. The van der Waals surface area contributed by atoms with Gasteiger partial charge in [0.25, 0.3) is 0 Å². The van der Waals surface area contributed by atoms with Crippen LogP contribution in [0.5, 0.6) is 0 Å². The zero-order chi connectivity index (χ0) is 23.8. The zero-order valence-electron chi connectivity index (χ0n) is 20.4. The van der Waals surface area contributed by atoms with Crippen LogP contribution in [0.4, 0.5) is 0 Å². The molecule has 5 heteroatoms. The van der Waals surface area contributed by atoms with Crippen molar-refractivity contribution in [1.29, 1.82) is 0 Å². The maximum Gasteiger partial charge on any atom is 0.224 e. The summed E-state index contributed by atoms with van der Waals surface area (Å²) in [4.78, 5) is 23.7. The van der Waals surface area contributed by atoms with Gasteiger partial charge < -0.3 is 16.0 Å². The highest BCUT2D eigenvalue weighted by Crippen LogP contribution is 2.23. The Morgan fingerprint density at radius 3 is 1.66 bits per heavy atom. The topological polar surface area (TPSA) is 70.2 Å². The van der Waals surface area contributed by atoms with E-state index in [1.54, 1.807) is 0 Å². The van der Waals surface area contributed by atoms with Gasteiger partial charge in [0.05, 0.1) is 5.92 Å². The van der Waals surface area contributed by atoms with E-state index >= 15 is 0 Å². The molecule has 0 spiro atoms. The molecule has 0 bridgehead atoms. The maximum atomic E-state index is 11.9. The lowest BCUT2D eigenvalue weighted by Crippen LogP contribution is -2.41. The molecule has 0 aromatic heterocycles. The Labute approximate surface area is 212 Å². The summed E-state index contributed by atoms with van der Waals surface area (Å²) in [6.45, 7) is 3.38. The van der Waals surface area contributed by atoms with Crippen molar-refractivity contribution in [2.45, 2.75) is 65.2 Å². The SMILES string of the molecule is C.O=C(NCCc1ccccc1)C1CCCCC1.O=C(NCCc1ccccc1)C1CCCNC1. The first-order valence-electron chi connectivity index (χ1n) is 13.1. The minimum atomic E-state index is 0. The van der Waals surface area contributed by atoms with Gasteiger partial charge in [-0.3, -0.25) is 9.59 Å². The molecule has 2 aromatic rings. The molecule has 2 amide bonds. The quantitative estimate of drug-likeness (QED) is 0.504. The lowest BCUT2D eigenvalue weighted by atomic mass is 9.88. The van der Waals surface area contributed by atoms with Crippen molar-refractivity contribution < 1.29 is 9.59 Å². The highest BCUT2D eigenvalue weighted by atomic mass is 16.2. The second-order valence-electron chi connectivity index (χ2n) is 9.43. The van der Waals surface area contributed by atoms with Gasteiger partial charge in [0, 0.05) is 25.6 Å². The van der Waals surface area contributed by atoms with Crippen LogP contribution in [0.15, 0.2) is 60.7 Å². The Balaban J connectivity index is 0.000000240. The van der Waals surface area contributed by atoms with Gasteiger partial charge in [-0.2, -0.15) is 0 Å². The van der Waals surface area contributed by atoms with Crippen molar-refractivity contribution in [2.24, 2.45) is 11.8 Å². The summed E-state index contributed by atoms with van der Waals surface area (Å²) >= 11 is 0. The van der Waals surface area contributed by atoms with Gasteiger partial charge in [0.15, 0.2) is 0 Å². The monoisotopic (exact) mass is 479 g/mol. The van der Waals surface area contributed by atoms with Gasteiger partial charge in [-0.05, 0) is 56.2 Å². The summed E-state index contributed by atoms with van der Waals surface area (Å²) in [6.07, 6.45) is 9.86. The minimum absolute atomic E-state index is 0. The number of amides is 2. The Morgan fingerprint density at radius 2 is 1.17 bits per heavy atom. The number of carbonyl (C=O) groups is 2. The summed E-state index contributed by atoms with van der Waals surface area (Å²) in [5, 5.41) is 9.35. The van der Waals surface area contributed by atoms with Crippen molar-refractivity contribution in [1.82, 2.24) is 16.0 Å². The van der Waals surface area contributed by atoms with Crippen LogP contribution in [-0.4, -0.2) is 38.0 Å². The van der Waals surface area contributed by atoms with Crippen LogP contribution in [0.25, 0.3) is 0 Å². The molecule has 4 rings (SSSR count). The molecule has 35 heavy (non-hydrogen) atoms. The number of hydrogen-bond donors (Lipinski definition) is 3. The molecule has 1 saturated heterocycles. The second kappa shape index (κ2) is 16.9. The van der Waals surface area contributed by atoms with E-state index in [9.17, 15) is 9.59 Å². The van der Waals surface area contributed by atoms with Crippen LogP contribution in [0.3, 0.4) is 0 Å². The van der Waals surface area contributed by atoms with Crippen LogP contribution in [0.2, 0.25) is 0 Å². The number of carbonyl (C=O) groups excluding carboxylic acids is 2. The summed E-state index contributed by atoms with van der Waals surface area (Å²) in [5.74, 6) is 0.910. The molecule has 5 nitrogen and oxygen atoms in total. The zero-order valence-corrected chi connectivity index (χ0v) is 20.4. The first-order chi connectivity index (χ1) is 16.7. The third kappa shape index (κ3) is 11.1. The molecule has 1 unspecified atom stereocenters. The van der Waals surface area contributed by atoms with E-state index in [2.05, 4.69) is 40.2 Å². The predicted octanol–water partition coefficient (Wildman–Crippen LogP) is 4.91. The predicted molar refractivity (Wildman–Crippen MR) is 145 cm³/mol. The lowest BCUT2D eigenvalue weighted by Gasteiger charge is -2.21. The van der Waals surface area contributed by atoms with Gasteiger partial charge in [-0.1, -0.05) is 87.4 Å². The van der Waals surface area contributed by atoms with E-state index < -0.39 is 0 Å². The van der Waals surface area contributed by atoms with Crippen molar-refractivity contribution in [3.63, 3.8) is 0 Å². The molecule has 2 aliphatic rings. The molecule has 1 atom stereocenters. The number of hydrogen-bond acceptors (Lipinski definition) is 3. The van der Waals surface area contributed by atoms with Crippen LogP contribution in [0.1, 0.15) is 63.5 Å². The third-order valence-electron chi connectivity index (χ3n) is 6.76. The number of nitrogens with one attached hydrogen (secondary N) is 3. The Bertz CT molecular complexity index is 758. The summed E-state index contributed by atoms with van der Waals surface area (Å²) in [6, 6.07) is 20.6. The molecular weight excluding hydrogens is 434 g/mol. The smallest absolute Gasteiger partial charge is 0.224 e. The molecular formula is C30H45N3O2. The summed E-state index contributed by atoms with van der Waals surface area (Å²) in [7, 11) is 0. The number of benzene rings is 2. The standard InChI is InChI=1S/C15H21NO.C14H20N2O.CH4/c17-15(14-9-5-2-6-10-14)16-12-11-13-7-3-1-4-8-13;17-14(13-7-4-9-15-11-13)16-10-8-12-5-2-1-3-6-12;/h1,3-4,7-8,14H,2,5-6,9-12H2,(H,16,17);1-3,5-6,13,15H,4,7-11H2,(H,16,17);1H4. The highest BCUT2D eigenvalue weighted by molar-refractivity contribution is 5.79. The largest absolute Gasteiger partial charge is 0.356 e. The highest BCUT2D eigenvalue weighted by Gasteiger charge is 2.21. The third-order valence-corrected chi connectivity index (χ3v) is 6.76. The van der Waals surface area contributed by atoms with Gasteiger partial charge in [-0.15, -0.1) is 0 Å². The fraction of sp³-hybridized carbons (Fsp3) is 0.533. The lowest BCUT2D eigenvalue weighted by molar-refractivity contribution is -0.126. The summed E-state index contributed by atoms with van der Waals surface area (Å²) in [5.41, 5.74) is 2.56. The molecule has 1 aliphatic carbocycles. The van der Waals surface area contributed by atoms with E-state index in [-0.39, 0.29) is 31.1 Å². The van der Waals surface area contributed by atoms with E-state index in [1.165, 1.54) is 30.4 Å².